The molecule has 0 radical (unpaired) electrons. The SMILES string of the molecule is COc1cc2c(cc1CN[C@@H]1CCCCNC1=O)O[C@@H](C)C2. The van der Waals surface area contributed by atoms with Crippen LogP contribution in [0.5, 0.6) is 11.5 Å². The largest absolute Gasteiger partial charge is 0.496 e. The Bertz CT molecular complexity index is 559. The third-order valence-corrected chi connectivity index (χ3v) is 4.37. The molecule has 3 rings (SSSR count). The zero-order valence-corrected chi connectivity index (χ0v) is 13.3. The van der Waals surface area contributed by atoms with Crippen molar-refractivity contribution in [2.24, 2.45) is 0 Å². The normalized spacial score (nSPS) is 24.2. The molecule has 0 bridgehead atoms. The van der Waals surface area contributed by atoms with Crippen molar-refractivity contribution in [3.63, 3.8) is 0 Å². The average Bonchev–Trinajstić information content (AvgIpc) is 2.74. The summed E-state index contributed by atoms with van der Waals surface area (Å²) in [7, 11) is 1.68. The summed E-state index contributed by atoms with van der Waals surface area (Å²) in [6.07, 6.45) is 4.14. The number of ether oxygens (including phenoxy) is 2. The van der Waals surface area contributed by atoms with Crippen LogP contribution in [0.25, 0.3) is 0 Å². The molecule has 1 fully saturated rings. The molecule has 0 aliphatic carbocycles. The van der Waals surface area contributed by atoms with E-state index in [0.29, 0.717) is 6.54 Å². The summed E-state index contributed by atoms with van der Waals surface area (Å²) in [5, 5.41) is 6.31. The van der Waals surface area contributed by atoms with Crippen molar-refractivity contribution in [3.05, 3.63) is 23.3 Å². The highest BCUT2D eigenvalue weighted by molar-refractivity contribution is 5.81. The van der Waals surface area contributed by atoms with Crippen LogP contribution in [0.15, 0.2) is 12.1 Å². The fourth-order valence-electron chi connectivity index (χ4n) is 3.18. The number of nitrogens with one attached hydrogen (secondary N) is 2. The van der Waals surface area contributed by atoms with E-state index < -0.39 is 0 Å². The standard InChI is InChI=1S/C17H24N2O3/c1-11-7-12-8-15(21-2)13(9-16(12)22-11)10-19-14-5-3-4-6-18-17(14)20/h8-9,11,14,19H,3-7,10H2,1-2H3,(H,18,20)/t11-,14+/m0/s1. The van der Waals surface area contributed by atoms with Gasteiger partial charge in [0.2, 0.25) is 5.91 Å². The highest BCUT2D eigenvalue weighted by Crippen LogP contribution is 2.35. The Kier molecular flexibility index (Phi) is 4.52. The Hall–Kier alpha value is -1.75. The van der Waals surface area contributed by atoms with E-state index in [-0.39, 0.29) is 18.1 Å². The van der Waals surface area contributed by atoms with E-state index in [1.165, 1.54) is 5.56 Å². The summed E-state index contributed by atoms with van der Waals surface area (Å²) in [5.74, 6) is 1.90. The van der Waals surface area contributed by atoms with Gasteiger partial charge in [0.15, 0.2) is 0 Å². The lowest BCUT2D eigenvalue weighted by Gasteiger charge is -2.17. The van der Waals surface area contributed by atoms with Crippen LogP contribution in [-0.4, -0.2) is 31.7 Å². The minimum atomic E-state index is -0.125. The number of hydrogen-bond donors (Lipinski definition) is 2. The first-order valence-electron chi connectivity index (χ1n) is 8.05. The number of hydrogen-bond acceptors (Lipinski definition) is 4. The molecule has 2 aliphatic rings. The molecule has 2 atom stereocenters. The van der Waals surface area contributed by atoms with Gasteiger partial charge in [-0.3, -0.25) is 4.79 Å². The zero-order chi connectivity index (χ0) is 15.5. The summed E-state index contributed by atoms with van der Waals surface area (Å²) in [4.78, 5) is 12.0. The Morgan fingerprint density at radius 1 is 1.41 bits per heavy atom. The van der Waals surface area contributed by atoms with Crippen LogP contribution in [-0.2, 0) is 17.8 Å². The molecular formula is C17H24N2O3. The smallest absolute Gasteiger partial charge is 0.237 e. The van der Waals surface area contributed by atoms with E-state index in [9.17, 15) is 4.79 Å². The molecule has 120 valence electrons. The van der Waals surface area contributed by atoms with E-state index in [2.05, 4.69) is 23.6 Å². The van der Waals surface area contributed by atoms with Gasteiger partial charge in [0.25, 0.3) is 0 Å². The average molecular weight is 304 g/mol. The van der Waals surface area contributed by atoms with Crippen molar-refractivity contribution < 1.29 is 14.3 Å². The van der Waals surface area contributed by atoms with Crippen LogP contribution in [0.2, 0.25) is 0 Å². The van der Waals surface area contributed by atoms with E-state index >= 15 is 0 Å². The predicted molar refractivity (Wildman–Crippen MR) is 84.3 cm³/mol. The van der Waals surface area contributed by atoms with E-state index in [4.69, 9.17) is 9.47 Å². The van der Waals surface area contributed by atoms with Gasteiger partial charge in [-0.25, -0.2) is 0 Å². The number of methoxy groups -OCH3 is 1. The number of fused-ring (bicyclic) bond motifs is 1. The zero-order valence-electron chi connectivity index (χ0n) is 13.3. The van der Waals surface area contributed by atoms with Gasteiger partial charge in [0.05, 0.1) is 13.2 Å². The molecule has 0 unspecified atom stereocenters. The number of carbonyl (C=O) groups is 1. The summed E-state index contributed by atoms with van der Waals surface area (Å²) >= 11 is 0. The third-order valence-electron chi connectivity index (χ3n) is 4.37. The minimum Gasteiger partial charge on any atom is -0.496 e. The fraction of sp³-hybridized carbons (Fsp3) is 0.588. The lowest BCUT2D eigenvalue weighted by Crippen LogP contribution is -2.42. The molecule has 2 heterocycles. The molecule has 1 aromatic rings. The topological polar surface area (TPSA) is 59.6 Å². The maximum Gasteiger partial charge on any atom is 0.237 e. The Morgan fingerprint density at radius 2 is 2.27 bits per heavy atom. The van der Waals surface area contributed by atoms with Crippen molar-refractivity contribution >= 4 is 5.91 Å². The molecule has 22 heavy (non-hydrogen) atoms. The highest BCUT2D eigenvalue weighted by Gasteiger charge is 2.23. The van der Waals surface area contributed by atoms with Crippen LogP contribution in [0, 0.1) is 0 Å². The fourth-order valence-corrected chi connectivity index (χ4v) is 3.18. The molecule has 0 spiro atoms. The number of amides is 1. The highest BCUT2D eigenvalue weighted by atomic mass is 16.5. The Balaban J connectivity index is 1.72. The van der Waals surface area contributed by atoms with E-state index in [1.54, 1.807) is 7.11 Å². The van der Waals surface area contributed by atoms with Gasteiger partial charge in [0.1, 0.15) is 17.6 Å². The molecule has 1 amide bonds. The summed E-state index contributed by atoms with van der Waals surface area (Å²) in [5.41, 5.74) is 2.23. The lowest BCUT2D eigenvalue weighted by atomic mass is 10.1. The molecule has 2 aliphatic heterocycles. The lowest BCUT2D eigenvalue weighted by molar-refractivity contribution is -0.122. The third kappa shape index (κ3) is 3.19. The molecule has 1 saturated heterocycles. The first-order valence-corrected chi connectivity index (χ1v) is 8.05. The Labute approximate surface area is 131 Å². The van der Waals surface area contributed by atoms with E-state index in [1.807, 2.05) is 6.07 Å². The van der Waals surface area contributed by atoms with Crippen molar-refractivity contribution in [1.82, 2.24) is 10.6 Å². The molecule has 0 aromatic heterocycles. The van der Waals surface area contributed by atoms with Crippen LogP contribution in [0.3, 0.4) is 0 Å². The van der Waals surface area contributed by atoms with Crippen LogP contribution in [0.1, 0.15) is 37.3 Å². The monoisotopic (exact) mass is 304 g/mol. The first-order chi connectivity index (χ1) is 10.7. The first kappa shape index (κ1) is 15.2. The Morgan fingerprint density at radius 3 is 3.09 bits per heavy atom. The van der Waals surface area contributed by atoms with Gasteiger partial charge in [-0.1, -0.05) is 0 Å². The molecular weight excluding hydrogens is 280 g/mol. The van der Waals surface area contributed by atoms with Crippen LogP contribution >= 0.6 is 0 Å². The molecule has 5 heteroatoms. The second-order valence-corrected chi connectivity index (χ2v) is 6.12. The number of rotatable bonds is 4. The van der Waals surface area contributed by atoms with Gasteiger partial charge in [-0.2, -0.15) is 0 Å². The van der Waals surface area contributed by atoms with Crippen molar-refractivity contribution in [1.29, 1.82) is 0 Å². The van der Waals surface area contributed by atoms with Crippen LogP contribution in [0.4, 0.5) is 0 Å². The summed E-state index contributed by atoms with van der Waals surface area (Å²) in [6.45, 7) is 3.46. The second-order valence-electron chi connectivity index (χ2n) is 6.12. The van der Waals surface area contributed by atoms with E-state index in [0.717, 1.165) is 49.3 Å². The van der Waals surface area contributed by atoms with Gasteiger partial charge in [-0.15, -0.1) is 0 Å². The maximum absolute atomic E-state index is 12.0. The summed E-state index contributed by atoms with van der Waals surface area (Å²) < 4.78 is 11.3. The molecule has 1 aromatic carbocycles. The number of benzene rings is 1. The molecule has 0 saturated carbocycles. The van der Waals surface area contributed by atoms with Gasteiger partial charge < -0.3 is 20.1 Å². The van der Waals surface area contributed by atoms with Gasteiger partial charge >= 0.3 is 0 Å². The quantitative estimate of drug-likeness (QED) is 0.890. The van der Waals surface area contributed by atoms with Gasteiger partial charge in [-0.05, 0) is 38.3 Å². The minimum absolute atomic E-state index is 0.0995. The maximum atomic E-state index is 12.0. The van der Waals surface area contributed by atoms with Crippen molar-refractivity contribution in [2.45, 2.75) is 51.3 Å². The summed E-state index contributed by atoms with van der Waals surface area (Å²) in [6, 6.07) is 3.97. The second kappa shape index (κ2) is 6.57. The van der Waals surface area contributed by atoms with Crippen LogP contribution < -0.4 is 20.1 Å². The molecule has 5 nitrogen and oxygen atoms in total. The molecule has 2 N–H and O–H groups in total. The van der Waals surface area contributed by atoms with Gasteiger partial charge in [0, 0.05) is 30.6 Å². The van der Waals surface area contributed by atoms with Crippen molar-refractivity contribution in [3.8, 4) is 11.5 Å². The van der Waals surface area contributed by atoms with Crippen molar-refractivity contribution in [2.75, 3.05) is 13.7 Å². The predicted octanol–water partition coefficient (Wildman–Crippen LogP) is 1.78. The number of carbonyl (C=O) groups excluding carboxylic acids is 1.